The molecule has 0 saturated heterocycles. The van der Waals surface area contributed by atoms with Gasteiger partial charge in [-0.3, -0.25) is 4.57 Å². The van der Waals surface area contributed by atoms with Crippen LogP contribution >= 0.6 is 11.8 Å². The highest BCUT2D eigenvalue weighted by atomic mass is 32.2. The molecule has 0 fully saturated rings. The van der Waals surface area contributed by atoms with Crippen molar-refractivity contribution in [1.29, 1.82) is 0 Å². The van der Waals surface area contributed by atoms with Crippen molar-refractivity contribution in [2.75, 3.05) is 10.8 Å². The smallest absolute Gasteiger partial charge is 0.238 e. The number of benzene rings is 2. The van der Waals surface area contributed by atoms with Crippen LogP contribution in [-0.2, 0) is 16.7 Å². The lowest BCUT2D eigenvalue weighted by Crippen LogP contribution is -2.30. The van der Waals surface area contributed by atoms with E-state index in [0.29, 0.717) is 23.9 Å². The molecule has 26 heavy (non-hydrogen) atoms. The van der Waals surface area contributed by atoms with Crippen molar-refractivity contribution in [3.8, 4) is 11.4 Å². The van der Waals surface area contributed by atoms with Gasteiger partial charge in [-0.2, -0.15) is 0 Å². The summed E-state index contributed by atoms with van der Waals surface area (Å²) in [5, 5.41) is 14.2. The molecular formula is C16H14FN5O2S2. The summed E-state index contributed by atoms with van der Waals surface area (Å²) in [6, 6.07) is 12.6. The molecular weight excluding hydrogens is 377 g/mol. The molecule has 1 aliphatic heterocycles. The summed E-state index contributed by atoms with van der Waals surface area (Å²) in [6.07, 6.45) is 0. The number of hydrogen-bond donors (Lipinski definition) is 1. The second kappa shape index (κ2) is 6.38. The van der Waals surface area contributed by atoms with Crippen LogP contribution < -0.4 is 10.0 Å². The Balaban J connectivity index is 1.65. The van der Waals surface area contributed by atoms with E-state index in [9.17, 15) is 12.8 Å². The van der Waals surface area contributed by atoms with Gasteiger partial charge in [0, 0.05) is 11.3 Å². The van der Waals surface area contributed by atoms with Gasteiger partial charge in [0.15, 0.2) is 11.0 Å². The molecule has 0 bridgehead atoms. The molecule has 0 spiro atoms. The molecule has 7 nitrogen and oxygen atoms in total. The SMILES string of the molecule is NS(=O)(=O)c1ccc(N2CSc3nnc(-c4cccc(F)c4)n3C2)cc1. The quantitative estimate of drug-likeness (QED) is 0.736. The van der Waals surface area contributed by atoms with Gasteiger partial charge in [-0.1, -0.05) is 23.9 Å². The first kappa shape index (κ1) is 17.0. The summed E-state index contributed by atoms with van der Waals surface area (Å²) in [6.45, 7) is 0.468. The van der Waals surface area contributed by atoms with E-state index in [1.807, 2.05) is 9.47 Å². The van der Waals surface area contributed by atoms with Crippen LogP contribution in [0.3, 0.4) is 0 Å². The number of anilines is 1. The number of rotatable bonds is 3. The number of primary sulfonamides is 1. The molecule has 0 amide bonds. The zero-order valence-electron chi connectivity index (χ0n) is 13.4. The summed E-state index contributed by atoms with van der Waals surface area (Å²) in [7, 11) is -3.72. The second-order valence-corrected chi connectivity index (χ2v) is 8.21. The van der Waals surface area contributed by atoms with E-state index in [1.54, 1.807) is 24.3 Å². The second-order valence-electron chi connectivity index (χ2n) is 5.74. The average molecular weight is 391 g/mol. The molecule has 2 heterocycles. The van der Waals surface area contributed by atoms with Crippen molar-refractivity contribution >= 4 is 27.5 Å². The number of hydrogen-bond acceptors (Lipinski definition) is 6. The van der Waals surface area contributed by atoms with Crippen LogP contribution in [0, 0.1) is 5.82 Å². The van der Waals surface area contributed by atoms with E-state index in [1.165, 1.54) is 36.0 Å². The standard InChI is InChI=1S/C16H14FN5O2S2/c17-12-3-1-2-11(8-12)15-19-20-16-22(15)9-21(10-25-16)13-4-6-14(7-5-13)26(18,23)24/h1-8H,9-10H2,(H2,18,23,24). The van der Waals surface area contributed by atoms with E-state index in [0.717, 1.165) is 10.8 Å². The average Bonchev–Trinajstić information content (AvgIpc) is 3.04. The van der Waals surface area contributed by atoms with Crippen molar-refractivity contribution in [1.82, 2.24) is 14.8 Å². The van der Waals surface area contributed by atoms with Gasteiger partial charge in [0.25, 0.3) is 0 Å². The fourth-order valence-electron chi connectivity index (χ4n) is 2.71. The maximum Gasteiger partial charge on any atom is 0.238 e. The van der Waals surface area contributed by atoms with Crippen molar-refractivity contribution in [3.63, 3.8) is 0 Å². The lowest BCUT2D eigenvalue weighted by atomic mass is 10.2. The number of nitrogens with zero attached hydrogens (tertiary/aromatic N) is 4. The monoisotopic (exact) mass is 391 g/mol. The summed E-state index contributed by atoms with van der Waals surface area (Å²) in [5.41, 5.74) is 1.49. The van der Waals surface area contributed by atoms with Crippen molar-refractivity contribution < 1.29 is 12.8 Å². The van der Waals surface area contributed by atoms with Crippen LogP contribution in [0.5, 0.6) is 0 Å². The van der Waals surface area contributed by atoms with E-state index < -0.39 is 10.0 Å². The molecule has 10 heteroatoms. The Kier molecular flexibility index (Phi) is 4.17. The molecule has 1 aliphatic rings. The third kappa shape index (κ3) is 3.18. The van der Waals surface area contributed by atoms with Crippen LogP contribution in [0.4, 0.5) is 10.1 Å². The van der Waals surface area contributed by atoms with Gasteiger partial charge >= 0.3 is 0 Å². The minimum atomic E-state index is -3.72. The predicted molar refractivity (Wildman–Crippen MR) is 96.4 cm³/mol. The first-order valence-corrected chi connectivity index (χ1v) is 10.1. The third-order valence-electron chi connectivity index (χ3n) is 3.99. The van der Waals surface area contributed by atoms with Crippen LogP contribution in [-0.4, -0.2) is 29.1 Å². The molecule has 0 aliphatic carbocycles. The first-order valence-electron chi connectivity index (χ1n) is 7.61. The number of nitrogens with two attached hydrogens (primary N) is 1. The maximum absolute atomic E-state index is 13.5. The van der Waals surface area contributed by atoms with E-state index in [-0.39, 0.29) is 10.7 Å². The molecule has 2 N–H and O–H groups in total. The van der Waals surface area contributed by atoms with Crippen LogP contribution in [0.25, 0.3) is 11.4 Å². The molecule has 4 rings (SSSR count). The Hall–Kier alpha value is -2.43. The lowest BCUT2D eigenvalue weighted by Gasteiger charge is -2.29. The minimum Gasteiger partial charge on any atom is -0.344 e. The van der Waals surface area contributed by atoms with E-state index in [4.69, 9.17) is 5.14 Å². The zero-order chi connectivity index (χ0) is 18.3. The fraction of sp³-hybridized carbons (Fsp3) is 0.125. The molecule has 0 saturated carbocycles. The van der Waals surface area contributed by atoms with Crippen LogP contribution in [0.15, 0.2) is 58.6 Å². The van der Waals surface area contributed by atoms with Gasteiger partial charge < -0.3 is 4.90 Å². The Bertz CT molecular complexity index is 1070. The molecule has 2 aromatic carbocycles. The number of aromatic nitrogens is 3. The summed E-state index contributed by atoms with van der Waals surface area (Å²) in [5.74, 6) is 0.882. The molecule has 1 aromatic heterocycles. The van der Waals surface area contributed by atoms with E-state index >= 15 is 0 Å². The molecule has 0 unspecified atom stereocenters. The van der Waals surface area contributed by atoms with Gasteiger partial charge in [-0.05, 0) is 36.4 Å². The Labute approximate surface area is 153 Å². The largest absolute Gasteiger partial charge is 0.344 e. The van der Waals surface area contributed by atoms with Crippen molar-refractivity contribution in [2.24, 2.45) is 5.14 Å². The molecule has 0 radical (unpaired) electrons. The van der Waals surface area contributed by atoms with Crippen LogP contribution in [0.2, 0.25) is 0 Å². The first-order chi connectivity index (χ1) is 12.4. The van der Waals surface area contributed by atoms with E-state index in [2.05, 4.69) is 10.2 Å². The topological polar surface area (TPSA) is 94.1 Å². The Morgan fingerprint density at radius 3 is 2.58 bits per heavy atom. The van der Waals surface area contributed by atoms with Gasteiger partial charge in [-0.25, -0.2) is 17.9 Å². The zero-order valence-corrected chi connectivity index (χ0v) is 15.0. The number of halogens is 1. The minimum absolute atomic E-state index is 0.0661. The molecule has 134 valence electrons. The number of thioether (sulfide) groups is 1. The highest BCUT2D eigenvalue weighted by molar-refractivity contribution is 7.99. The lowest BCUT2D eigenvalue weighted by molar-refractivity contribution is 0.597. The highest BCUT2D eigenvalue weighted by Crippen LogP contribution is 2.32. The summed E-state index contributed by atoms with van der Waals surface area (Å²) < 4.78 is 38.2. The fourth-order valence-corrected chi connectivity index (χ4v) is 4.13. The summed E-state index contributed by atoms with van der Waals surface area (Å²) in [4.78, 5) is 2.10. The third-order valence-corrected chi connectivity index (χ3v) is 5.92. The van der Waals surface area contributed by atoms with Gasteiger partial charge in [-0.15, -0.1) is 10.2 Å². The van der Waals surface area contributed by atoms with Crippen molar-refractivity contribution in [2.45, 2.75) is 16.7 Å². The van der Waals surface area contributed by atoms with Gasteiger partial charge in [0.05, 0.1) is 17.4 Å². The highest BCUT2D eigenvalue weighted by Gasteiger charge is 2.23. The van der Waals surface area contributed by atoms with Gasteiger partial charge in [0.2, 0.25) is 10.0 Å². The normalized spacial score (nSPS) is 14.3. The molecule has 0 atom stereocenters. The Morgan fingerprint density at radius 2 is 1.88 bits per heavy atom. The maximum atomic E-state index is 13.5. The number of fused-ring (bicyclic) bond motifs is 1. The van der Waals surface area contributed by atoms with Crippen LogP contribution in [0.1, 0.15) is 0 Å². The Morgan fingerprint density at radius 1 is 1.12 bits per heavy atom. The predicted octanol–water partition coefficient (Wildman–Crippen LogP) is 2.26. The number of sulfonamides is 1. The molecule has 3 aromatic rings. The van der Waals surface area contributed by atoms with Gasteiger partial charge in [0.1, 0.15) is 5.82 Å². The van der Waals surface area contributed by atoms with Crippen molar-refractivity contribution in [3.05, 3.63) is 54.3 Å². The summed E-state index contributed by atoms with van der Waals surface area (Å²) >= 11 is 1.50.